The van der Waals surface area contributed by atoms with Crippen LogP contribution in [0.1, 0.15) is 58.3 Å². The number of aromatic amines is 1. The van der Waals surface area contributed by atoms with Crippen LogP contribution in [-0.2, 0) is 13.1 Å². The predicted octanol–water partition coefficient (Wildman–Crippen LogP) is 0.903. The largest absolute Gasteiger partial charge is 0.383 e. The summed E-state index contributed by atoms with van der Waals surface area (Å²) in [6.07, 6.45) is 3.98. The number of hydrogen-bond acceptors (Lipinski definition) is 7. The number of rotatable bonds is 9. The molecule has 2 aromatic heterocycles. The number of nitrogens with two attached hydrogens (primary N) is 1. The molecule has 0 bridgehead atoms. The maximum absolute atomic E-state index is 12.6. The minimum atomic E-state index is -0.479. The summed E-state index contributed by atoms with van der Waals surface area (Å²) in [7, 11) is 0. The number of nitrogens with zero attached hydrogens (tertiary/aromatic N) is 6. The van der Waals surface area contributed by atoms with E-state index < -0.39 is 11.2 Å². The third-order valence-electron chi connectivity index (χ3n) is 4.65. The molecule has 0 atom stereocenters. The second kappa shape index (κ2) is 7.93. The first-order valence-electron chi connectivity index (χ1n) is 9.56. The van der Waals surface area contributed by atoms with Gasteiger partial charge in [0.1, 0.15) is 11.5 Å². The number of hydrogen-bond donors (Lipinski definition) is 2. The molecule has 1 saturated carbocycles. The Balaban J connectivity index is 2.00. The van der Waals surface area contributed by atoms with E-state index in [0.717, 1.165) is 25.7 Å². The summed E-state index contributed by atoms with van der Waals surface area (Å²) in [6.45, 7) is 7.51. The average Bonchev–Trinajstić information content (AvgIpc) is 3.35. The second-order valence-electron chi connectivity index (χ2n) is 7.54. The number of anilines is 2. The first-order chi connectivity index (χ1) is 12.9. The Morgan fingerprint density at radius 3 is 2.70 bits per heavy atom. The predicted molar refractivity (Wildman–Crippen MR) is 103 cm³/mol. The van der Waals surface area contributed by atoms with Crippen LogP contribution in [0.3, 0.4) is 0 Å². The molecule has 0 unspecified atom stereocenters. The van der Waals surface area contributed by atoms with Crippen LogP contribution in [0.4, 0.5) is 11.5 Å². The van der Waals surface area contributed by atoms with Crippen molar-refractivity contribution in [2.45, 2.75) is 65.6 Å². The van der Waals surface area contributed by atoms with Gasteiger partial charge in [0, 0.05) is 13.1 Å². The van der Waals surface area contributed by atoms with Crippen molar-refractivity contribution in [1.82, 2.24) is 29.8 Å². The van der Waals surface area contributed by atoms with Crippen molar-refractivity contribution in [3.8, 4) is 0 Å². The molecule has 27 heavy (non-hydrogen) atoms. The quantitative estimate of drug-likeness (QED) is 0.665. The van der Waals surface area contributed by atoms with E-state index in [2.05, 4.69) is 27.4 Å². The Bertz CT molecular complexity index is 893. The van der Waals surface area contributed by atoms with E-state index in [9.17, 15) is 9.59 Å². The third kappa shape index (κ3) is 4.20. The molecule has 3 N–H and O–H groups in total. The zero-order valence-electron chi connectivity index (χ0n) is 16.2. The molecular weight excluding hydrogens is 348 g/mol. The van der Waals surface area contributed by atoms with E-state index in [-0.39, 0.29) is 11.7 Å². The minimum Gasteiger partial charge on any atom is -0.383 e. The van der Waals surface area contributed by atoms with Crippen LogP contribution < -0.4 is 21.9 Å². The number of nitrogens with one attached hydrogen (secondary N) is 1. The normalized spacial score (nSPS) is 14.1. The van der Waals surface area contributed by atoms with Gasteiger partial charge in [0.2, 0.25) is 0 Å². The van der Waals surface area contributed by atoms with Crippen LogP contribution in [-0.4, -0.2) is 36.3 Å². The van der Waals surface area contributed by atoms with Gasteiger partial charge in [-0.25, -0.2) is 9.48 Å². The highest BCUT2D eigenvalue weighted by Gasteiger charge is 2.29. The lowest BCUT2D eigenvalue weighted by Gasteiger charge is -2.26. The van der Waals surface area contributed by atoms with Gasteiger partial charge < -0.3 is 10.6 Å². The van der Waals surface area contributed by atoms with Crippen molar-refractivity contribution < 1.29 is 0 Å². The van der Waals surface area contributed by atoms with Crippen molar-refractivity contribution in [3.63, 3.8) is 0 Å². The third-order valence-corrected chi connectivity index (χ3v) is 4.65. The summed E-state index contributed by atoms with van der Waals surface area (Å²) in [4.78, 5) is 29.1. The number of aromatic nitrogens is 6. The summed E-state index contributed by atoms with van der Waals surface area (Å²) in [5.74, 6) is 1.11. The van der Waals surface area contributed by atoms with Crippen LogP contribution >= 0.6 is 0 Å². The second-order valence-corrected chi connectivity index (χ2v) is 7.54. The van der Waals surface area contributed by atoms with Gasteiger partial charge in [-0.1, -0.05) is 27.2 Å². The van der Waals surface area contributed by atoms with Crippen LogP contribution in [0.2, 0.25) is 0 Å². The van der Waals surface area contributed by atoms with Crippen molar-refractivity contribution in [2.24, 2.45) is 5.92 Å². The molecule has 1 aliphatic carbocycles. The van der Waals surface area contributed by atoms with E-state index in [1.54, 1.807) is 0 Å². The Labute approximate surface area is 157 Å². The number of unbranched alkanes of at least 4 members (excludes halogenated alkanes) is 1. The van der Waals surface area contributed by atoms with E-state index in [4.69, 9.17) is 5.73 Å². The monoisotopic (exact) mass is 376 g/mol. The summed E-state index contributed by atoms with van der Waals surface area (Å²) >= 11 is 0. The van der Waals surface area contributed by atoms with Gasteiger partial charge in [0.05, 0.1) is 12.6 Å². The van der Waals surface area contributed by atoms with Crippen molar-refractivity contribution in [2.75, 3.05) is 17.2 Å². The Morgan fingerprint density at radius 2 is 2.07 bits per heavy atom. The molecule has 0 aliphatic heterocycles. The van der Waals surface area contributed by atoms with Crippen LogP contribution in [0, 0.1) is 5.92 Å². The lowest BCUT2D eigenvalue weighted by molar-refractivity contribution is 0.506. The Kier molecular flexibility index (Phi) is 5.62. The zero-order valence-corrected chi connectivity index (χ0v) is 16.2. The van der Waals surface area contributed by atoms with Crippen LogP contribution in [0.5, 0.6) is 0 Å². The first kappa shape index (κ1) is 19.1. The fraction of sp³-hybridized carbons (Fsp3) is 0.706. The van der Waals surface area contributed by atoms with E-state index in [1.165, 1.54) is 4.57 Å². The highest BCUT2D eigenvalue weighted by molar-refractivity contribution is 5.62. The van der Waals surface area contributed by atoms with Crippen molar-refractivity contribution in [3.05, 3.63) is 26.7 Å². The fourth-order valence-electron chi connectivity index (χ4n) is 3.14. The molecule has 0 radical (unpaired) electrons. The standard InChI is InChI=1S/C17H28N8O2/c1-4-5-8-23(10-13-20-21-22-25(13)12-6-7-12)14-15(18)24(9-11(2)3)17(27)19-16(14)26/h11-12H,4-10,18H2,1-3H3,(H,19,26,27). The van der Waals surface area contributed by atoms with E-state index >= 15 is 0 Å². The van der Waals surface area contributed by atoms with Crippen molar-refractivity contribution in [1.29, 1.82) is 0 Å². The van der Waals surface area contributed by atoms with Gasteiger partial charge in [0.25, 0.3) is 5.56 Å². The Morgan fingerprint density at radius 1 is 1.33 bits per heavy atom. The molecule has 0 saturated heterocycles. The molecule has 148 valence electrons. The molecule has 10 heteroatoms. The summed E-state index contributed by atoms with van der Waals surface area (Å²) < 4.78 is 3.26. The number of tetrazole rings is 1. The molecular formula is C17H28N8O2. The van der Waals surface area contributed by atoms with E-state index in [0.29, 0.717) is 37.2 Å². The topological polar surface area (TPSA) is 128 Å². The maximum atomic E-state index is 12.6. The SMILES string of the molecule is CCCCN(Cc1nnnn1C1CC1)c1c(N)n(CC(C)C)c(=O)[nH]c1=O. The van der Waals surface area contributed by atoms with E-state index in [1.807, 2.05) is 23.4 Å². The average molecular weight is 376 g/mol. The smallest absolute Gasteiger partial charge is 0.330 e. The molecule has 3 rings (SSSR count). The summed E-state index contributed by atoms with van der Waals surface area (Å²) in [6, 6.07) is 0.341. The molecule has 2 heterocycles. The molecule has 1 aliphatic rings. The molecule has 10 nitrogen and oxygen atoms in total. The highest BCUT2D eigenvalue weighted by atomic mass is 16.2. The molecule has 1 fully saturated rings. The van der Waals surface area contributed by atoms with Gasteiger partial charge >= 0.3 is 5.69 Å². The molecule has 2 aromatic rings. The van der Waals surface area contributed by atoms with Gasteiger partial charge in [-0.3, -0.25) is 14.3 Å². The van der Waals surface area contributed by atoms with Gasteiger partial charge in [-0.2, -0.15) is 0 Å². The number of nitrogen functional groups attached to an aromatic ring is 1. The summed E-state index contributed by atoms with van der Waals surface area (Å²) in [5.41, 5.74) is 5.65. The van der Waals surface area contributed by atoms with Crippen molar-refractivity contribution >= 4 is 11.5 Å². The number of H-pyrrole nitrogens is 1. The minimum absolute atomic E-state index is 0.194. The maximum Gasteiger partial charge on any atom is 0.330 e. The van der Waals surface area contributed by atoms with Gasteiger partial charge in [-0.05, 0) is 35.6 Å². The summed E-state index contributed by atoms with van der Waals surface area (Å²) in [5, 5.41) is 12.0. The fourth-order valence-corrected chi connectivity index (χ4v) is 3.14. The van der Waals surface area contributed by atoms with Gasteiger partial charge in [-0.15, -0.1) is 5.10 Å². The first-order valence-corrected chi connectivity index (χ1v) is 9.56. The molecule has 0 spiro atoms. The lowest BCUT2D eigenvalue weighted by Crippen LogP contribution is -2.39. The van der Waals surface area contributed by atoms with Crippen LogP contribution in [0.25, 0.3) is 0 Å². The Hall–Kier alpha value is -2.65. The lowest BCUT2D eigenvalue weighted by atomic mass is 10.2. The molecule has 0 aromatic carbocycles. The highest BCUT2D eigenvalue weighted by Crippen LogP contribution is 2.34. The molecule has 0 amide bonds. The van der Waals surface area contributed by atoms with Crippen LogP contribution in [0.15, 0.2) is 9.59 Å². The zero-order chi connectivity index (χ0) is 19.6. The van der Waals surface area contributed by atoms with Gasteiger partial charge in [0.15, 0.2) is 5.82 Å².